The fraction of sp³-hybridized carbons (Fsp3) is 0.923. The van der Waals surface area contributed by atoms with E-state index >= 15 is 0 Å². The highest BCUT2D eigenvalue weighted by Gasteiger charge is 2.32. The Bertz CT molecular complexity index is 278. The summed E-state index contributed by atoms with van der Waals surface area (Å²) in [4.78, 5) is 14.4. The van der Waals surface area contributed by atoms with Gasteiger partial charge in [-0.25, -0.2) is 0 Å². The van der Waals surface area contributed by atoms with Crippen LogP contribution in [-0.2, 0) is 9.53 Å². The Kier molecular flexibility index (Phi) is 5.33. The lowest BCUT2D eigenvalue weighted by molar-refractivity contribution is -0.134. The molecule has 0 spiro atoms. The molecule has 2 fully saturated rings. The van der Waals surface area contributed by atoms with E-state index in [-0.39, 0.29) is 11.9 Å². The normalized spacial score (nSPS) is 28.1. The third kappa shape index (κ3) is 3.39. The predicted octanol–water partition coefficient (Wildman–Crippen LogP) is 1.09. The average molecular weight is 272 g/mol. The lowest BCUT2D eigenvalue weighted by Gasteiger charge is -2.36. The van der Waals surface area contributed by atoms with E-state index in [1.165, 1.54) is 0 Å². The number of nitrogens with two attached hydrogens (primary N) is 1. The maximum Gasteiger partial charge on any atom is 0.239 e. The summed E-state index contributed by atoms with van der Waals surface area (Å²) >= 11 is 1.98. The highest BCUT2D eigenvalue weighted by atomic mass is 32.2. The van der Waals surface area contributed by atoms with Gasteiger partial charge in [0.1, 0.15) is 0 Å². The number of nitrogens with zero attached hydrogens (tertiary/aromatic N) is 1. The lowest BCUT2D eigenvalue weighted by Crippen LogP contribution is -2.52. The van der Waals surface area contributed by atoms with E-state index in [1.54, 1.807) is 0 Å². The zero-order valence-electron chi connectivity index (χ0n) is 11.1. The summed E-state index contributed by atoms with van der Waals surface area (Å²) in [6.07, 6.45) is 2.97. The summed E-state index contributed by atoms with van der Waals surface area (Å²) in [6.45, 7) is 5.41. The molecule has 0 bridgehead atoms. The predicted molar refractivity (Wildman–Crippen MR) is 74.6 cm³/mol. The smallest absolute Gasteiger partial charge is 0.239 e. The minimum absolute atomic E-state index is 0.153. The summed E-state index contributed by atoms with van der Waals surface area (Å²) in [5.41, 5.74) is 6.16. The zero-order chi connectivity index (χ0) is 13.0. The van der Waals surface area contributed by atoms with Gasteiger partial charge < -0.3 is 15.4 Å². The summed E-state index contributed by atoms with van der Waals surface area (Å²) in [5.74, 6) is 1.51. The summed E-state index contributed by atoms with van der Waals surface area (Å²) < 4.78 is 5.33. The Hall–Kier alpha value is -0.260. The molecule has 2 atom stereocenters. The fourth-order valence-corrected chi connectivity index (χ4v) is 3.83. The van der Waals surface area contributed by atoms with Crippen molar-refractivity contribution in [2.45, 2.75) is 37.5 Å². The van der Waals surface area contributed by atoms with Gasteiger partial charge in [-0.3, -0.25) is 4.79 Å². The molecular formula is C13H24N2O2S. The lowest BCUT2D eigenvalue weighted by atomic mass is 9.91. The van der Waals surface area contributed by atoms with Crippen LogP contribution in [0.1, 0.15) is 26.2 Å². The number of carbonyl (C=O) groups excluding carboxylic acids is 1. The van der Waals surface area contributed by atoms with Crippen molar-refractivity contribution >= 4 is 17.7 Å². The molecule has 2 aliphatic rings. The Balaban J connectivity index is 1.88. The van der Waals surface area contributed by atoms with E-state index < -0.39 is 0 Å². The molecule has 2 unspecified atom stereocenters. The third-order valence-corrected chi connectivity index (χ3v) is 5.34. The highest BCUT2D eigenvalue weighted by Crippen LogP contribution is 2.24. The van der Waals surface area contributed by atoms with Crippen molar-refractivity contribution in [3.05, 3.63) is 0 Å². The van der Waals surface area contributed by atoms with Gasteiger partial charge in [-0.1, -0.05) is 6.92 Å². The van der Waals surface area contributed by atoms with Crippen LogP contribution in [0.2, 0.25) is 0 Å². The first kappa shape index (κ1) is 14.2. The van der Waals surface area contributed by atoms with Gasteiger partial charge in [-0.05, 0) is 25.2 Å². The zero-order valence-corrected chi connectivity index (χ0v) is 12.0. The first-order chi connectivity index (χ1) is 8.72. The minimum Gasteiger partial charge on any atom is -0.381 e. The maximum absolute atomic E-state index is 12.4. The molecule has 0 aromatic heterocycles. The van der Waals surface area contributed by atoms with Crippen molar-refractivity contribution < 1.29 is 9.53 Å². The number of hydrogen-bond donors (Lipinski definition) is 1. The van der Waals surface area contributed by atoms with Gasteiger partial charge in [0.25, 0.3) is 0 Å². The van der Waals surface area contributed by atoms with E-state index in [4.69, 9.17) is 10.5 Å². The molecule has 0 saturated carbocycles. The molecule has 104 valence electrons. The van der Waals surface area contributed by atoms with Crippen molar-refractivity contribution in [1.82, 2.24) is 4.90 Å². The van der Waals surface area contributed by atoms with Crippen molar-refractivity contribution in [2.75, 3.05) is 32.1 Å². The first-order valence-corrected chi connectivity index (χ1v) is 8.01. The molecule has 18 heavy (non-hydrogen) atoms. The highest BCUT2D eigenvalue weighted by molar-refractivity contribution is 8.00. The molecule has 1 amide bonds. The number of hydrogen-bond acceptors (Lipinski definition) is 4. The SMILES string of the molecule is CCC1CN(C(=O)C(N)C2CCOCC2)CCS1. The molecule has 2 rings (SSSR count). The van der Waals surface area contributed by atoms with Gasteiger partial charge >= 0.3 is 0 Å². The van der Waals surface area contributed by atoms with Crippen LogP contribution in [0.5, 0.6) is 0 Å². The van der Waals surface area contributed by atoms with Crippen LogP contribution >= 0.6 is 11.8 Å². The molecular weight excluding hydrogens is 248 g/mol. The summed E-state index contributed by atoms with van der Waals surface area (Å²) in [6, 6.07) is -0.325. The first-order valence-electron chi connectivity index (χ1n) is 6.96. The summed E-state index contributed by atoms with van der Waals surface area (Å²) in [5, 5.41) is 0.588. The monoisotopic (exact) mass is 272 g/mol. The molecule has 2 N–H and O–H groups in total. The second-order valence-electron chi connectivity index (χ2n) is 5.16. The van der Waals surface area contributed by atoms with Gasteiger partial charge in [0.05, 0.1) is 6.04 Å². The largest absolute Gasteiger partial charge is 0.381 e. The van der Waals surface area contributed by atoms with E-state index in [2.05, 4.69) is 6.92 Å². The molecule has 4 nitrogen and oxygen atoms in total. The van der Waals surface area contributed by atoms with Gasteiger partial charge in [0.15, 0.2) is 0 Å². The van der Waals surface area contributed by atoms with Gasteiger partial charge in [0, 0.05) is 37.3 Å². The Morgan fingerprint density at radius 1 is 1.50 bits per heavy atom. The van der Waals surface area contributed by atoms with Crippen molar-refractivity contribution in [2.24, 2.45) is 11.7 Å². The van der Waals surface area contributed by atoms with Crippen LogP contribution in [0.15, 0.2) is 0 Å². The van der Waals surface area contributed by atoms with Crippen LogP contribution in [0.4, 0.5) is 0 Å². The van der Waals surface area contributed by atoms with Crippen molar-refractivity contribution in [3.8, 4) is 0 Å². The quantitative estimate of drug-likeness (QED) is 0.836. The third-order valence-electron chi connectivity index (χ3n) is 3.96. The number of rotatable bonds is 3. The standard InChI is InChI=1S/C13H24N2O2S/c1-2-11-9-15(5-8-18-11)13(16)12(14)10-3-6-17-7-4-10/h10-12H,2-9,14H2,1H3. The van der Waals surface area contributed by atoms with E-state index in [9.17, 15) is 4.79 Å². The van der Waals surface area contributed by atoms with Crippen molar-refractivity contribution in [1.29, 1.82) is 0 Å². The summed E-state index contributed by atoms with van der Waals surface area (Å²) in [7, 11) is 0. The van der Waals surface area contributed by atoms with Gasteiger partial charge in [0.2, 0.25) is 5.91 Å². The van der Waals surface area contributed by atoms with Crippen LogP contribution < -0.4 is 5.73 Å². The molecule has 0 radical (unpaired) electrons. The average Bonchev–Trinajstić information content (AvgIpc) is 2.46. The molecule has 2 saturated heterocycles. The van der Waals surface area contributed by atoms with Crippen LogP contribution in [0.25, 0.3) is 0 Å². The minimum atomic E-state index is -0.325. The van der Waals surface area contributed by atoms with Gasteiger partial charge in [-0.2, -0.15) is 11.8 Å². The number of amides is 1. The molecule has 2 heterocycles. The molecule has 0 aromatic rings. The van der Waals surface area contributed by atoms with Gasteiger partial charge in [-0.15, -0.1) is 0 Å². The molecule has 5 heteroatoms. The Labute approximate surface area is 114 Å². The van der Waals surface area contributed by atoms with Crippen LogP contribution in [0.3, 0.4) is 0 Å². The Morgan fingerprint density at radius 3 is 2.89 bits per heavy atom. The number of carbonyl (C=O) groups is 1. The Morgan fingerprint density at radius 2 is 2.22 bits per heavy atom. The van der Waals surface area contributed by atoms with Crippen molar-refractivity contribution in [3.63, 3.8) is 0 Å². The second-order valence-corrected chi connectivity index (χ2v) is 6.57. The topological polar surface area (TPSA) is 55.6 Å². The van der Waals surface area contributed by atoms with E-state index in [0.29, 0.717) is 11.2 Å². The second kappa shape index (κ2) is 6.78. The molecule has 0 aromatic carbocycles. The number of thioether (sulfide) groups is 1. The van der Waals surface area contributed by atoms with Crippen LogP contribution in [0, 0.1) is 5.92 Å². The number of ether oxygens (including phenoxy) is 1. The van der Waals surface area contributed by atoms with Crippen LogP contribution in [-0.4, -0.2) is 54.2 Å². The van der Waals surface area contributed by atoms with E-state index in [1.807, 2.05) is 16.7 Å². The van der Waals surface area contributed by atoms with E-state index in [0.717, 1.165) is 51.3 Å². The maximum atomic E-state index is 12.4. The fourth-order valence-electron chi connectivity index (χ4n) is 2.65. The molecule has 2 aliphatic heterocycles. The molecule has 0 aliphatic carbocycles.